The SMILES string of the molecule is O=C(O)COc1ccccc1CN1CCCC(Cc2ccccn2)C1. The Morgan fingerprint density at radius 1 is 1.24 bits per heavy atom. The first-order chi connectivity index (χ1) is 12.2. The Labute approximate surface area is 148 Å². The molecule has 1 fully saturated rings. The second-order valence-electron chi connectivity index (χ2n) is 6.56. The molecule has 2 heterocycles. The van der Waals surface area contributed by atoms with Crippen LogP contribution in [0.2, 0.25) is 0 Å². The van der Waals surface area contributed by atoms with Gasteiger partial charge in [0.15, 0.2) is 6.61 Å². The smallest absolute Gasteiger partial charge is 0.341 e. The van der Waals surface area contributed by atoms with Crippen LogP contribution in [-0.2, 0) is 17.8 Å². The molecule has 1 aromatic heterocycles. The molecular weight excluding hydrogens is 316 g/mol. The average molecular weight is 340 g/mol. The molecule has 132 valence electrons. The summed E-state index contributed by atoms with van der Waals surface area (Å²) in [6.45, 7) is 2.57. The predicted octanol–water partition coefficient (Wildman–Crippen LogP) is 3.00. The van der Waals surface area contributed by atoms with Crippen molar-refractivity contribution in [3.8, 4) is 5.75 Å². The number of hydrogen-bond acceptors (Lipinski definition) is 4. The third-order valence-corrected chi connectivity index (χ3v) is 4.54. The van der Waals surface area contributed by atoms with E-state index in [4.69, 9.17) is 9.84 Å². The fourth-order valence-corrected chi connectivity index (χ4v) is 3.43. The minimum Gasteiger partial charge on any atom is -0.482 e. The van der Waals surface area contributed by atoms with Gasteiger partial charge in [0.1, 0.15) is 5.75 Å². The van der Waals surface area contributed by atoms with Crippen LogP contribution in [0.5, 0.6) is 5.75 Å². The number of likely N-dealkylation sites (tertiary alicyclic amines) is 1. The zero-order chi connectivity index (χ0) is 17.5. The van der Waals surface area contributed by atoms with Gasteiger partial charge in [-0.1, -0.05) is 24.3 Å². The number of pyridine rings is 1. The van der Waals surface area contributed by atoms with Gasteiger partial charge in [0, 0.05) is 30.5 Å². The third-order valence-electron chi connectivity index (χ3n) is 4.54. The fourth-order valence-electron chi connectivity index (χ4n) is 3.43. The summed E-state index contributed by atoms with van der Waals surface area (Å²) in [6.07, 6.45) is 5.26. The van der Waals surface area contributed by atoms with Crippen LogP contribution >= 0.6 is 0 Å². The number of para-hydroxylation sites is 1. The van der Waals surface area contributed by atoms with Crippen LogP contribution in [0.25, 0.3) is 0 Å². The lowest BCUT2D eigenvalue weighted by molar-refractivity contribution is -0.139. The second kappa shape index (κ2) is 8.62. The van der Waals surface area contributed by atoms with E-state index in [9.17, 15) is 4.79 Å². The van der Waals surface area contributed by atoms with Gasteiger partial charge in [0.05, 0.1) is 0 Å². The lowest BCUT2D eigenvalue weighted by Gasteiger charge is -2.33. The van der Waals surface area contributed by atoms with Crippen molar-refractivity contribution < 1.29 is 14.6 Å². The van der Waals surface area contributed by atoms with E-state index < -0.39 is 5.97 Å². The Hall–Kier alpha value is -2.40. The lowest BCUT2D eigenvalue weighted by Crippen LogP contribution is -2.36. The highest BCUT2D eigenvalue weighted by atomic mass is 16.5. The first-order valence-electron chi connectivity index (χ1n) is 8.75. The number of piperidine rings is 1. The number of benzene rings is 1. The number of ether oxygens (including phenoxy) is 1. The summed E-state index contributed by atoms with van der Waals surface area (Å²) in [7, 11) is 0. The zero-order valence-corrected chi connectivity index (χ0v) is 14.3. The summed E-state index contributed by atoms with van der Waals surface area (Å²) < 4.78 is 5.43. The minimum atomic E-state index is -0.955. The largest absolute Gasteiger partial charge is 0.482 e. The highest BCUT2D eigenvalue weighted by Gasteiger charge is 2.21. The normalized spacial score (nSPS) is 18.0. The van der Waals surface area contributed by atoms with Gasteiger partial charge in [0.25, 0.3) is 0 Å². The van der Waals surface area contributed by atoms with Crippen LogP contribution < -0.4 is 4.74 Å². The molecule has 2 aromatic rings. The lowest BCUT2D eigenvalue weighted by atomic mass is 9.93. The van der Waals surface area contributed by atoms with Crippen molar-refractivity contribution in [2.45, 2.75) is 25.8 Å². The number of carboxylic acid groups (broad SMARTS) is 1. The summed E-state index contributed by atoms with van der Waals surface area (Å²) in [6, 6.07) is 13.8. The highest BCUT2D eigenvalue weighted by molar-refractivity contribution is 5.68. The van der Waals surface area contributed by atoms with E-state index in [0.717, 1.165) is 37.3 Å². The van der Waals surface area contributed by atoms with Gasteiger partial charge < -0.3 is 9.84 Å². The fraction of sp³-hybridized carbons (Fsp3) is 0.400. The molecule has 5 nitrogen and oxygen atoms in total. The molecular formula is C20H24N2O3. The van der Waals surface area contributed by atoms with Gasteiger partial charge in [-0.2, -0.15) is 0 Å². The van der Waals surface area contributed by atoms with Gasteiger partial charge in [0.2, 0.25) is 0 Å². The van der Waals surface area contributed by atoms with Crippen molar-refractivity contribution in [1.29, 1.82) is 0 Å². The molecule has 3 rings (SSSR count). The molecule has 0 bridgehead atoms. The van der Waals surface area contributed by atoms with Crippen LogP contribution in [-0.4, -0.2) is 40.7 Å². The number of nitrogens with zero attached hydrogens (tertiary/aromatic N) is 2. The van der Waals surface area contributed by atoms with Gasteiger partial charge in [-0.25, -0.2) is 4.79 Å². The van der Waals surface area contributed by atoms with E-state index in [1.165, 1.54) is 12.8 Å². The molecule has 1 aliphatic heterocycles. The number of aliphatic carboxylic acids is 1. The number of rotatable bonds is 7. The molecule has 1 N–H and O–H groups in total. The maximum atomic E-state index is 10.7. The van der Waals surface area contributed by atoms with Crippen molar-refractivity contribution in [3.63, 3.8) is 0 Å². The average Bonchev–Trinajstić information content (AvgIpc) is 2.62. The molecule has 1 aliphatic rings. The molecule has 0 spiro atoms. The molecule has 1 unspecified atom stereocenters. The number of carboxylic acids is 1. The quantitative estimate of drug-likeness (QED) is 0.839. The predicted molar refractivity (Wildman–Crippen MR) is 95.5 cm³/mol. The van der Waals surface area contributed by atoms with E-state index in [1.54, 1.807) is 0 Å². The Bertz CT molecular complexity index is 690. The summed E-state index contributed by atoms with van der Waals surface area (Å²) in [5.74, 6) is 0.315. The molecule has 25 heavy (non-hydrogen) atoms. The second-order valence-corrected chi connectivity index (χ2v) is 6.56. The first-order valence-corrected chi connectivity index (χ1v) is 8.75. The Balaban J connectivity index is 1.60. The molecule has 0 saturated carbocycles. The Morgan fingerprint density at radius 3 is 2.88 bits per heavy atom. The van der Waals surface area contributed by atoms with Gasteiger partial charge >= 0.3 is 5.97 Å². The van der Waals surface area contributed by atoms with Crippen molar-refractivity contribution in [2.24, 2.45) is 5.92 Å². The van der Waals surface area contributed by atoms with Crippen LogP contribution in [0, 0.1) is 5.92 Å². The van der Waals surface area contributed by atoms with Crippen LogP contribution in [0.15, 0.2) is 48.7 Å². The Morgan fingerprint density at radius 2 is 2.08 bits per heavy atom. The number of carbonyl (C=O) groups is 1. The van der Waals surface area contributed by atoms with Crippen LogP contribution in [0.4, 0.5) is 0 Å². The molecule has 1 atom stereocenters. The van der Waals surface area contributed by atoms with Gasteiger partial charge in [-0.15, -0.1) is 0 Å². The van der Waals surface area contributed by atoms with Crippen LogP contribution in [0.3, 0.4) is 0 Å². The molecule has 1 saturated heterocycles. The molecule has 0 radical (unpaired) electrons. The van der Waals surface area contributed by atoms with E-state index in [2.05, 4.69) is 16.0 Å². The standard InChI is InChI=1S/C20H24N2O3/c23-20(24)15-25-19-9-2-1-7-17(19)14-22-11-5-6-16(13-22)12-18-8-3-4-10-21-18/h1-4,7-10,16H,5-6,11-15H2,(H,23,24). The first kappa shape index (κ1) is 17.4. The number of aromatic nitrogens is 1. The summed E-state index contributed by atoms with van der Waals surface area (Å²) in [5.41, 5.74) is 2.20. The van der Waals surface area contributed by atoms with Crippen molar-refractivity contribution in [3.05, 3.63) is 59.9 Å². The van der Waals surface area contributed by atoms with Crippen molar-refractivity contribution in [1.82, 2.24) is 9.88 Å². The zero-order valence-electron chi connectivity index (χ0n) is 14.3. The molecule has 0 aliphatic carbocycles. The molecule has 5 heteroatoms. The third kappa shape index (κ3) is 5.29. The highest BCUT2D eigenvalue weighted by Crippen LogP contribution is 2.25. The molecule has 0 amide bonds. The maximum absolute atomic E-state index is 10.7. The summed E-state index contributed by atoms with van der Waals surface area (Å²) in [5, 5.41) is 8.82. The topological polar surface area (TPSA) is 62.7 Å². The van der Waals surface area contributed by atoms with Gasteiger partial charge in [-0.3, -0.25) is 9.88 Å². The van der Waals surface area contributed by atoms with E-state index >= 15 is 0 Å². The monoisotopic (exact) mass is 340 g/mol. The van der Waals surface area contributed by atoms with E-state index in [0.29, 0.717) is 11.7 Å². The van der Waals surface area contributed by atoms with E-state index in [1.807, 2.05) is 42.6 Å². The van der Waals surface area contributed by atoms with Crippen LogP contribution in [0.1, 0.15) is 24.1 Å². The Kier molecular flexibility index (Phi) is 6.01. The summed E-state index contributed by atoms with van der Waals surface area (Å²) in [4.78, 5) is 17.6. The van der Waals surface area contributed by atoms with Crippen molar-refractivity contribution >= 4 is 5.97 Å². The van der Waals surface area contributed by atoms with E-state index in [-0.39, 0.29) is 6.61 Å². The maximum Gasteiger partial charge on any atom is 0.341 e. The van der Waals surface area contributed by atoms with Crippen molar-refractivity contribution in [2.75, 3.05) is 19.7 Å². The molecule has 1 aromatic carbocycles. The minimum absolute atomic E-state index is 0.306. The number of hydrogen-bond donors (Lipinski definition) is 1. The summed E-state index contributed by atoms with van der Waals surface area (Å²) >= 11 is 0. The van der Waals surface area contributed by atoms with Gasteiger partial charge in [-0.05, 0) is 49.9 Å².